The highest BCUT2D eigenvalue weighted by Gasteiger charge is 2.10. The van der Waals surface area contributed by atoms with Crippen molar-refractivity contribution in [1.82, 2.24) is 0 Å². The highest BCUT2D eigenvalue weighted by atomic mass is 35.5. The molecule has 0 saturated heterocycles. The van der Waals surface area contributed by atoms with E-state index in [1.807, 2.05) is 0 Å². The van der Waals surface area contributed by atoms with Crippen molar-refractivity contribution in [3.8, 4) is 5.75 Å². The van der Waals surface area contributed by atoms with E-state index in [-0.39, 0.29) is 18.0 Å². The second-order valence-corrected chi connectivity index (χ2v) is 5.27. The number of aromatic carboxylic acids is 1. The van der Waals surface area contributed by atoms with E-state index in [0.717, 1.165) is 18.9 Å². The third-order valence-corrected chi connectivity index (χ3v) is 3.44. The molecular formula is C17H26ClFO3. The summed E-state index contributed by atoms with van der Waals surface area (Å²) in [7, 11) is 0. The Morgan fingerprint density at radius 3 is 2.23 bits per heavy atom. The largest absolute Gasteiger partial charge is 0.493 e. The molecule has 1 aromatic carbocycles. The van der Waals surface area contributed by atoms with Gasteiger partial charge in [-0.3, -0.25) is 0 Å². The van der Waals surface area contributed by atoms with E-state index in [1.165, 1.54) is 50.7 Å². The van der Waals surface area contributed by atoms with Crippen molar-refractivity contribution in [2.45, 2.75) is 58.3 Å². The van der Waals surface area contributed by atoms with Crippen molar-refractivity contribution in [2.75, 3.05) is 6.61 Å². The Hall–Kier alpha value is -1.29. The Bertz CT molecular complexity index is 438. The van der Waals surface area contributed by atoms with Crippen molar-refractivity contribution < 1.29 is 19.0 Å². The first kappa shape index (κ1) is 20.7. The van der Waals surface area contributed by atoms with Gasteiger partial charge in [0.25, 0.3) is 0 Å². The van der Waals surface area contributed by atoms with Gasteiger partial charge in [0, 0.05) is 6.07 Å². The third-order valence-electron chi connectivity index (χ3n) is 3.44. The van der Waals surface area contributed by atoms with Crippen LogP contribution in [0.15, 0.2) is 18.2 Å². The summed E-state index contributed by atoms with van der Waals surface area (Å²) < 4.78 is 18.9. The second-order valence-electron chi connectivity index (χ2n) is 5.27. The lowest BCUT2D eigenvalue weighted by atomic mass is 10.1. The number of benzene rings is 1. The molecule has 0 aromatic heterocycles. The van der Waals surface area contributed by atoms with E-state index in [1.54, 1.807) is 0 Å². The van der Waals surface area contributed by atoms with Gasteiger partial charge in [0.05, 0.1) is 12.2 Å². The number of carboxylic acid groups (broad SMARTS) is 1. The third kappa shape index (κ3) is 8.23. The molecule has 0 fully saturated rings. The highest BCUT2D eigenvalue weighted by Crippen LogP contribution is 2.17. The number of carboxylic acids is 1. The first-order valence-corrected chi connectivity index (χ1v) is 7.80. The van der Waals surface area contributed by atoms with E-state index in [2.05, 4.69) is 6.92 Å². The van der Waals surface area contributed by atoms with E-state index in [9.17, 15) is 9.18 Å². The quantitative estimate of drug-likeness (QED) is 0.547. The van der Waals surface area contributed by atoms with Crippen molar-refractivity contribution in [3.05, 3.63) is 29.6 Å². The lowest BCUT2D eigenvalue weighted by molar-refractivity contribution is 0.0692. The minimum Gasteiger partial charge on any atom is -0.493 e. The Balaban J connectivity index is 0.00000441. The van der Waals surface area contributed by atoms with Gasteiger partial charge in [-0.25, -0.2) is 9.18 Å². The maximum atomic E-state index is 13.4. The first-order valence-electron chi connectivity index (χ1n) is 7.80. The van der Waals surface area contributed by atoms with Crippen LogP contribution < -0.4 is 4.74 Å². The van der Waals surface area contributed by atoms with E-state index in [4.69, 9.17) is 9.84 Å². The van der Waals surface area contributed by atoms with Gasteiger partial charge in [0.1, 0.15) is 11.6 Å². The van der Waals surface area contributed by atoms with E-state index < -0.39 is 11.8 Å². The Morgan fingerprint density at radius 2 is 1.68 bits per heavy atom. The van der Waals surface area contributed by atoms with Crippen LogP contribution in [0.1, 0.15) is 68.6 Å². The van der Waals surface area contributed by atoms with Gasteiger partial charge < -0.3 is 9.84 Å². The molecule has 0 unspecified atom stereocenters. The zero-order chi connectivity index (χ0) is 15.5. The molecule has 1 N–H and O–H groups in total. The molecule has 0 atom stereocenters. The standard InChI is InChI=1S/C17H25FO3.ClH/c1-2-3-4-5-6-7-8-9-12-21-14-10-11-15(17(19)20)16(18)13-14;/h10-11,13H,2-9,12H2,1H3,(H,19,20);1H. The van der Waals surface area contributed by atoms with Crippen LogP contribution in [-0.2, 0) is 0 Å². The molecule has 0 amide bonds. The minimum absolute atomic E-state index is 0. The van der Waals surface area contributed by atoms with Crippen LogP contribution in [0, 0.1) is 5.82 Å². The average molecular weight is 333 g/mol. The Morgan fingerprint density at radius 1 is 1.09 bits per heavy atom. The highest BCUT2D eigenvalue weighted by molar-refractivity contribution is 5.88. The summed E-state index contributed by atoms with van der Waals surface area (Å²) >= 11 is 0. The summed E-state index contributed by atoms with van der Waals surface area (Å²) in [5, 5.41) is 8.73. The van der Waals surface area contributed by atoms with Crippen LogP contribution in [0.3, 0.4) is 0 Å². The zero-order valence-corrected chi connectivity index (χ0v) is 14.0. The van der Waals surface area contributed by atoms with Gasteiger partial charge in [0.15, 0.2) is 0 Å². The van der Waals surface area contributed by atoms with Crippen LogP contribution in [0.4, 0.5) is 4.39 Å². The summed E-state index contributed by atoms with van der Waals surface area (Å²) in [6, 6.07) is 3.87. The molecule has 0 aliphatic carbocycles. The molecule has 0 bridgehead atoms. The predicted octanol–water partition coefficient (Wildman–Crippen LogP) is 5.47. The number of rotatable bonds is 11. The molecule has 5 heteroatoms. The fourth-order valence-corrected chi connectivity index (χ4v) is 2.19. The summed E-state index contributed by atoms with van der Waals surface area (Å²) in [6.07, 6.45) is 9.74. The minimum atomic E-state index is -1.26. The van der Waals surface area contributed by atoms with Crippen LogP contribution >= 0.6 is 12.4 Å². The topological polar surface area (TPSA) is 46.5 Å². The summed E-state index contributed by atoms with van der Waals surface area (Å²) in [4.78, 5) is 10.7. The van der Waals surface area contributed by atoms with Gasteiger partial charge in [-0.1, -0.05) is 51.9 Å². The zero-order valence-electron chi connectivity index (χ0n) is 13.1. The molecule has 1 aromatic rings. The first-order chi connectivity index (χ1) is 10.1. The van der Waals surface area contributed by atoms with Crippen molar-refractivity contribution in [3.63, 3.8) is 0 Å². The second kappa shape index (κ2) is 12.3. The van der Waals surface area contributed by atoms with Gasteiger partial charge in [-0.05, 0) is 18.6 Å². The summed E-state index contributed by atoms with van der Waals surface area (Å²) in [5.41, 5.74) is -0.325. The van der Waals surface area contributed by atoms with Crippen molar-refractivity contribution in [1.29, 1.82) is 0 Å². The summed E-state index contributed by atoms with van der Waals surface area (Å²) in [5.74, 6) is -1.63. The fraction of sp³-hybridized carbons (Fsp3) is 0.588. The number of hydrogen-bond donors (Lipinski definition) is 1. The number of hydrogen-bond acceptors (Lipinski definition) is 2. The SMILES string of the molecule is CCCCCCCCCCOc1ccc(C(=O)O)c(F)c1.Cl. The maximum Gasteiger partial charge on any atom is 0.338 e. The smallest absolute Gasteiger partial charge is 0.338 e. The van der Waals surface area contributed by atoms with Gasteiger partial charge in [-0.2, -0.15) is 0 Å². The van der Waals surface area contributed by atoms with Gasteiger partial charge >= 0.3 is 5.97 Å². The lowest BCUT2D eigenvalue weighted by Gasteiger charge is -2.07. The maximum absolute atomic E-state index is 13.4. The molecule has 22 heavy (non-hydrogen) atoms. The molecule has 1 rings (SSSR count). The molecule has 0 radical (unpaired) electrons. The van der Waals surface area contributed by atoms with E-state index in [0.29, 0.717) is 12.4 Å². The van der Waals surface area contributed by atoms with Gasteiger partial charge in [0.2, 0.25) is 0 Å². The van der Waals surface area contributed by atoms with Crippen LogP contribution in [0.2, 0.25) is 0 Å². The normalized spacial score (nSPS) is 10.1. The molecule has 0 spiro atoms. The van der Waals surface area contributed by atoms with Gasteiger partial charge in [-0.15, -0.1) is 12.4 Å². The average Bonchev–Trinajstić information content (AvgIpc) is 2.45. The lowest BCUT2D eigenvalue weighted by Crippen LogP contribution is -2.02. The molecule has 0 saturated carbocycles. The summed E-state index contributed by atoms with van der Waals surface area (Å²) in [6.45, 7) is 2.75. The monoisotopic (exact) mass is 332 g/mol. The number of ether oxygens (including phenoxy) is 1. The number of carbonyl (C=O) groups is 1. The van der Waals surface area contributed by atoms with Crippen LogP contribution in [-0.4, -0.2) is 17.7 Å². The number of halogens is 2. The molecule has 0 aliphatic heterocycles. The molecule has 0 aliphatic rings. The molecule has 126 valence electrons. The molecule has 3 nitrogen and oxygen atoms in total. The Kier molecular flexibility index (Phi) is 11.6. The molecular weight excluding hydrogens is 307 g/mol. The number of unbranched alkanes of at least 4 members (excludes halogenated alkanes) is 7. The van der Waals surface area contributed by atoms with E-state index >= 15 is 0 Å². The van der Waals surface area contributed by atoms with Crippen molar-refractivity contribution in [2.24, 2.45) is 0 Å². The fourth-order valence-electron chi connectivity index (χ4n) is 2.19. The van der Waals surface area contributed by atoms with Crippen LogP contribution in [0.5, 0.6) is 5.75 Å². The molecule has 0 heterocycles. The van der Waals surface area contributed by atoms with Crippen LogP contribution in [0.25, 0.3) is 0 Å². The Labute approximate surface area is 138 Å². The van der Waals surface area contributed by atoms with Crippen molar-refractivity contribution >= 4 is 18.4 Å². The predicted molar refractivity (Wildman–Crippen MR) is 88.7 cm³/mol.